The summed E-state index contributed by atoms with van der Waals surface area (Å²) in [5.41, 5.74) is 4.38. The molecule has 0 saturated carbocycles. The number of ether oxygens (including phenoxy) is 1. The van der Waals surface area contributed by atoms with Crippen molar-refractivity contribution in [1.29, 1.82) is 0 Å². The summed E-state index contributed by atoms with van der Waals surface area (Å²) in [6.45, 7) is 1.95. The van der Waals surface area contributed by atoms with Crippen LogP contribution < -0.4 is 10.1 Å². The fraction of sp³-hybridized carbons (Fsp3) is 0.0909. The normalized spacial score (nSPS) is 10.7. The van der Waals surface area contributed by atoms with Crippen molar-refractivity contribution in [3.8, 4) is 17.0 Å². The van der Waals surface area contributed by atoms with E-state index in [4.69, 9.17) is 4.74 Å². The van der Waals surface area contributed by atoms with Gasteiger partial charge in [-0.25, -0.2) is 4.98 Å². The van der Waals surface area contributed by atoms with E-state index in [2.05, 4.69) is 10.3 Å². The van der Waals surface area contributed by atoms with Gasteiger partial charge in [0.05, 0.1) is 11.4 Å². The third-order valence-corrected chi connectivity index (χ3v) is 4.23. The van der Waals surface area contributed by atoms with Crippen molar-refractivity contribution in [3.05, 3.63) is 84.7 Å². The van der Waals surface area contributed by atoms with Gasteiger partial charge in [0.2, 0.25) is 0 Å². The highest BCUT2D eigenvalue weighted by molar-refractivity contribution is 5.96. The van der Waals surface area contributed by atoms with Gasteiger partial charge in [0.25, 0.3) is 5.91 Å². The Kier molecular flexibility index (Phi) is 4.58. The fourth-order valence-electron chi connectivity index (χ4n) is 2.85. The zero-order chi connectivity index (χ0) is 18.6. The largest absolute Gasteiger partial charge is 0.484 e. The highest BCUT2D eigenvalue weighted by Gasteiger charge is 2.11. The van der Waals surface area contributed by atoms with Crippen molar-refractivity contribution in [3.63, 3.8) is 0 Å². The zero-order valence-electron chi connectivity index (χ0n) is 14.9. The molecule has 2 heterocycles. The lowest BCUT2D eigenvalue weighted by atomic mass is 10.1. The second-order valence-corrected chi connectivity index (χ2v) is 6.29. The highest BCUT2D eigenvalue weighted by atomic mass is 16.5. The molecule has 0 aliphatic carbocycles. The number of carbonyl (C=O) groups excluding carboxylic acids is 1. The van der Waals surface area contributed by atoms with Gasteiger partial charge in [-0.05, 0) is 37.3 Å². The van der Waals surface area contributed by atoms with E-state index in [0.717, 1.165) is 22.5 Å². The van der Waals surface area contributed by atoms with Gasteiger partial charge in [0.15, 0.2) is 6.61 Å². The lowest BCUT2D eigenvalue weighted by Gasteiger charge is -2.10. The summed E-state index contributed by atoms with van der Waals surface area (Å²) in [4.78, 5) is 17.0. The Labute approximate surface area is 157 Å². The van der Waals surface area contributed by atoms with Crippen LogP contribution >= 0.6 is 0 Å². The number of rotatable bonds is 5. The van der Waals surface area contributed by atoms with Crippen LogP contribution in [0.5, 0.6) is 5.75 Å². The standard InChI is InChI=1S/C22H19N3O2/c1-16-9-11-17(12-10-16)27-15-22(26)24-19-7-3-2-6-18(19)20-14-25-13-5-4-8-21(25)23-20/h2-14H,15H2,1H3,(H,24,26). The number of hydrogen-bond acceptors (Lipinski definition) is 3. The molecule has 0 radical (unpaired) electrons. The van der Waals surface area contributed by atoms with Gasteiger partial charge in [0.1, 0.15) is 11.4 Å². The molecular weight excluding hydrogens is 338 g/mol. The van der Waals surface area contributed by atoms with Crippen molar-refractivity contribution in [1.82, 2.24) is 9.38 Å². The van der Waals surface area contributed by atoms with Crippen LogP contribution in [0.2, 0.25) is 0 Å². The van der Waals surface area contributed by atoms with Gasteiger partial charge in [-0.1, -0.05) is 42.0 Å². The predicted octanol–water partition coefficient (Wildman–Crippen LogP) is 4.33. The summed E-state index contributed by atoms with van der Waals surface area (Å²) in [7, 11) is 0. The lowest BCUT2D eigenvalue weighted by Crippen LogP contribution is -2.20. The Morgan fingerprint density at radius 3 is 2.63 bits per heavy atom. The van der Waals surface area contributed by atoms with Crippen molar-refractivity contribution in [2.24, 2.45) is 0 Å². The van der Waals surface area contributed by atoms with E-state index >= 15 is 0 Å². The number of aryl methyl sites for hydroxylation is 1. The van der Waals surface area contributed by atoms with Crippen LogP contribution in [0.25, 0.3) is 16.9 Å². The number of para-hydroxylation sites is 1. The molecule has 134 valence electrons. The van der Waals surface area contributed by atoms with Crippen molar-refractivity contribution in [2.75, 3.05) is 11.9 Å². The Balaban J connectivity index is 1.50. The Morgan fingerprint density at radius 2 is 1.81 bits per heavy atom. The summed E-state index contributed by atoms with van der Waals surface area (Å²) in [6.07, 6.45) is 3.89. The summed E-state index contributed by atoms with van der Waals surface area (Å²) >= 11 is 0. The monoisotopic (exact) mass is 357 g/mol. The first-order chi connectivity index (χ1) is 13.2. The fourth-order valence-corrected chi connectivity index (χ4v) is 2.85. The third kappa shape index (κ3) is 3.82. The van der Waals surface area contributed by atoms with Crippen LogP contribution in [0.1, 0.15) is 5.56 Å². The van der Waals surface area contributed by atoms with Crippen molar-refractivity contribution >= 4 is 17.2 Å². The number of benzene rings is 2. The molecule has 4 aromatic rings. The van der Waals surface area contributed by atoms with E-state index in [1.165, 1.54) is 0 Å². The van der Waals surface area contributed by atoms with Crippen LogP contribution in [0.3, 0.4) is 0 Å². The van der Waals surface area contributed by atoms with Crippen LogP contribution in [0.4, 0.5) is 5.69 Å². The van der Waals surface area contributed by atoms with Crippen LogP contribution in [0.15, 0.2) is 79.1 Å². The van der Waals surface area contributed by atoms with Gasteiger partial charge in [-0.2, -0.15) is 0 Å². The minimum absolute atomic E-state index is 0.0530. The molecule has 4 rings (SSSR count). The second kappa shape index (κ2) is 7.33. The summed E-state index contributed by atoms with van der Waals surface area (Å²) in [6, 6.07) is 21.1. The second-order valence-electron chi connectivity index (χ2n) is 6.29. The van der Waals surface area contributed by atoms with Crippen LogP contribution in [-0.2, 0) is 4.79 Å². The number of aromatic nitrogens is 2. The molecule has 2 aromatic carbocycles. The van der Waals surface area contributed by atoms with E-state index in [0.29, 0.717) is 11.4 Å². The number of anilines is 1. The third-order valence-electron chi connectivity index (χ3n) is 4.23. The highest BCUT2D eigenvalue weighted by Crippen LogP contribution is 2.27. The van der Waals surface area contributed by atoms with E-state index < -0.39 is 0 Å². The Morgan fingerprint density at radius 1 is 1.04 bits per heavy atom. The molecule has 27 heavy (non-hydrogen) atoms. The number of carbonyl (C=O) groups is 1. The van der Waals surface area contributed by atoms with Gasteiger partial charge in [-0.15, -0.1) is 0 Å². The molecule has 2 aromatic heterocycles. The molecule has 0 bridgehead atoms. The van der Waals surface area contributed by atoms with Gasteiger partial charge in [-0.3, -0.25) is 4.79 Å². The molecular formula is C22H19N3O2. The quantitative estimate of drug-likeness (QED) is 0.578. The average Bonchev–Trinajstić information content (AvgIpc) is 3.12. The number of nitrogens with zero attached hydrogens (tertiary/aromatic N) is 2. The molecule has 5 heteroatoms. The van der Waals surface area contributed by atoms with Crippen molar-refractivity contribution < 1.29 is 9.53 Å². The van der Waals surface area contributed by atoms with E-state index in [9.17, 15) is 4.79 Å². The molecule has 0 fully saturated rings. The predicted molar refractivity (Wildman–Crippen MR) is 106 cm³/mol. The van der Waals surface area contributed by atoms with E-state index in [1.807, 2.05) is 90.4 Å². The first-order valence-corrected chi connectivity index (χ1v) is 8.71. The van der Waals surface area contributed by atoms with Crippen LogP contribution in [-0.4, -0.2) is 21.9 Å². The molecule has 0 atom stereocenters. The minimum atomic E-state index is -0.216. The maximum atomic E-state index is 12.3. The van der Waals surface area contributed by atoms with Crippen molar-refractivity contribution in [2.45, 2.75) is 6.92 Å². The maximum absolute atomic E-state index is 12.3. The maximum Gasteiger partial charge on any atom is 0.262 e. The molecule has 1 amide bonds. The number of fused-ring (bicyclic) bond motifs is 1. The average molecular weight is 357 g/mol. The van der Waals surface area contributed by atoms with Gasteiger partial charge >= 0.3 is 0 Å². The molecule has 0 aliphatic rings. The van der Waals surface area contributed by atoms with Crippen LogP contribution in [0, 0.1) is 6.92 Å². The first-order valence-electron chi connectivity index (χ1n) is 8.71. The van der Waals surface area contributed by atoms with Gasteiger partial charge < -0.3 is 14.5 Å². The van der Waals surface area contributed by atoms with E-state index in [-0.39, 0.29) is 12.5 Å². The number of hydrogen-bond donors (Lipinski definition) is 1. The van der Waals surface area contributed by atoms with Gasteiger partial charge in [0, 0.05) is 18.0 Å². The molecule has 0 saturated heterocycles. The Bertz CT molecular complexity index is 1050. The summed E-state index contributed by atoms with van der Waals surface area (Å²) in [5.74, 6) is 0.455. The lowest BCUT2D eigenvalue weighted by molar-refractivity contribution is -0.118. The minimum Gasteiger partial charge on any atom is -0.484 e. The number of amides is 1. The topological polar surface area (TPSA) is 55.6 Å². The van der Waals surface area contributed by atoms with E-state index in [1.54, 1.807) is 0 Å². The number of pyridine rings is 1. The number of imidazole rings is 1. The molecule has 0 spiro atoms. The molecule has 5 nitrogen and oxygen atoms in total. The zero-order valence-corrected chi connectivity index (χ0v) is 14.9. The molecule has 0 aliphatic heterocycles. The Hall–Kier alpha value is -3.60. The summed E-state index contributed by atoms with van der Waals surface area (Å²) < 4.78 is 7.51. The smallest absolute Gasteiger partial charge is 0.262 e. The number of nitrogens with one attached hydrogen (secondary N) is 1. The SMILES string of the molecule is Cc1ccc(OCC(=O)Nc2ccccc2-c2cn3ccccc3n2)cc1. The first kappa shape index (κ1) is 16.8. The summed E-state index contributed by atoms with van der Waals surface area (Å²) in [5, 5.41) is 2.92. The molecule has 1 N–H and O–H groups in total. The molecule has 0 unspecified atom stereocenters.